The lowest BCUT2D eigenvalue weighted by Gasteiger charge is -2.49. The van der Waals surface area contributed by atoms with Crippen molar-refractivity contribution in [3.63, 3.8) is 0 Å². The molecule has 0 aliphatic carbocycles. The lowest BCUT2D eigenvalue weighted by atomic mass is 9.96. The van der Waals surface area contributed by atoms with Crippen molar-refractivity contribution in [1.29, 1.82) is 0 Å². The van der Waals surface area contributed by atoms with Gasteiger partial charge in [0.05, 0.1) is 36.7 Å². The van der Waals surface area contributed by atoms with Gasteiger partial charge in [0.25, 0.3) is 0 Å². The molecule has 1 unspecified atom stereocenters. The van der Waals surface area contributed by atoms with Crippen LogP contribution < -0.4 is 4.74 Å². The van der Waals surface area contributed by atoms with Gasteiger partial charge in [0.1, 0.15) is 11.9 Å². The zero-order chi connectivity index (χ0) is 25.9. The van der Waals surface area contributed by atoms with Crippen LogP contribution in [0.1, 0.15) is 45.5 Å². The van der Waals surface area contributed by atoms with E-state index in [0.717, 1.165) is 22.6 Å². The molecular formula is C28H39ClO5SSi. The van der Waals surface area contributed by atoms with Crippen LogP contribution in [0.5, 0.6) is 5.75 Å². The first kappa shape index (κ1) is 28.0. The summed E-state index contributed by atoms with van der Waals surface area (Å²) in [5.41, 5.74) is 0.971. The predicted octanol–water partition coefficient (Wildman–Crippen LogP) is 7.40. The molecule has 8 heteroatoms. The molecule has 198 valence electrons. The number of hydrogen-bond donors (Lipinski definition) is 0. The molecule has 2 aliphatic rings. The van der Waals surface area contributed by atoms with Gasteiger partial charge in [-0.25, -0.2) is 0 Å². The van der Waals surface area contributed by atoms with Gasteiger partial charge >= 0.3 is 0 Å². The summed E-state index contributed by atoms with van der Waals surface area (Å²) in [6, 6.07) is 18.1. The van der Waals surface area contributed by atoms with Crippen LogP contribution in [0.15, 0.2) is 59.5 Å². The molecule has 0 N–H and O–H groups in total. The Balaban J connectivity index is 1.48. The minimum absolute atomic E-state index is 0.0839. The number of halogens is 1. The number of methoxy groups -OCH3 is 1. The standard InChI is InChI=1S/C28H39ClO5SSi/c1-28(2,3)36(5,6)34-24-16-22-25(18-31-27(33-22)19-12-14-20(30-4)15-13-19)32-23(24)17-26(29)35-21-10-8-7-9-11-21/h7-15,22-27H,16-18H2,1-6H3/t22-,23-,24+,25+,26?,27+/m0/s1. The van der Waals surface area contributed by atoms with Gasteiger partial charge < -0.3 is 23.4 Å². The molecule has 0 saturated carbocycles. The van der Waals surface area contributed by atoms with E-state index in [1.54, 1.807) is 18.9 Å². The normalized spacial score (nSPS) is 27.8. The zero-order valence-electron chi connectivity index (χ0n) is 22.1. The first-order valence-corrected chi connectivity index (χ1v) is 16.9. The van der Waals surface area contributed by atoms with Crippen LogP contribution in [-0.2, 0) is 18.6 Å². The van der Waals surface area contributed by atoms with Crippen molar-refractivity contribution in [2.45, 2.75) is 92.1 Å². The fourth-order valence-corrected chi connectivity index (χ4v) is 7.04. The summed E-state index contributed by atoms with van der Waals surface area (Å²) >= 11 is 8.51. The summed E-state index contributed by atoms with van der Waals surface area (Å²) in [6.07, 6.45) is 0.563. The van der Waals surface area contributed by atoms with Crippen molar-refractivity contribution < 1.29 is 23.4 Å². The highest BCUT2D eigenvalue weighted by Crippen LogP contribution is 2.43. The molecule has 4 rings (SSSR count). The van der Waals surface area contributed by atoms with E-state index in [2.05, 4.69) is 46.0 Å². The summed E-state index contributed by atoms with van der Waals surface area (Å²) in [7, 11) is -0.376. The average Bonchev–Trinajstić information content (AvgIpc) is 2.84. The summed E-state index contributed by atoms with van der Waals surface area (Å²) in [6.45, 7) is 11.8. The molecule has 2 heterocycles. The van der Waals surface area contributed by atoms with Gasteiger partial charge in [-0.15, -0.1) is 23.4 Å². The van der Waals surface area contributed by atoms with E-state index in [0.29, 0.717) is 13.0 Å². The molecule has 36 heavy (non-hydrogen) atoms. The molecule has 0 radical (unpaired) electrons. The Morgan fingerprint density at radius 2 is 1.72 bits per heavy atom. The Bertz CT molecular complexity index is 968. The number of alkyl halides is 1. The predicted molar refractivity (Wildman–Crippen MR) is 148 cm³/mol. The SMILES string of the molecule is COc1ccc([C@@H]2OC[C@H]3O[C@@H](CC(Cl)Sc4ccccc4)[C@H](O[Si](C)(C)C(C)(C)C)C[C@@H]3O2)cc1. The average molecular weight is 551 g/mol. The topological polar surface area (TPSA) is 46.2 Å². The van der Waals surface area contributed by atoms with Gasteiger partial charge in [0.2, 0.25) is 0 Å². The number of benzene rings is 2. The van der Waals surface area contributed by atoms with Gasteiger partial charge in [-0.1, -0.05) is 51.1 Å². The Morgan fingerprint density at radius 1 is 1.03 bits per heavy atom. The lowest BCUT2D eigenvalue weighted by Crippen LogP contribution is -2.57. The number of ether oxygens (including phenoxy) is 4. The van der Waals surface area contributed by atoms with E-state index in [-0.39, 0.29) is 34.2 Å². The summed E-state index contributed by atoms with van der Waals surface area (Å²) < 4.78 is 31.2. The Labute approximate surface area is 226 Å². The van der Waals surface area contributed by atoms with Gasteiger partial charge in [-0.3, -0.25) is 0 Å². The van der Waals surface area contributed by atoms with E-state index < -0.39 is 14.6 Å². The third-order valence-corrected chi connectivity index (χ3v) is 13.4. The van der Waals surface area contributed by atoms with Gasteiger partial charge in [-0.05, 0) is 42.4 Å². The van der Waals surface area contributed by atoms with Crippen molar-refractivity contribution in [3.8, 4) is 5.75 Å². The van der Waals surface area contributed by atoms with E-state index >= 15 is 0 Å². The van der Waals surface area contributed by atoms with E-state index in [4.69, 9.17) is 35.0 Å². The molecule has 2 aromatic carbocycles. The third-order valence-electron chi connectivity index (χ3n) is 7.42. The summed E-state index contributed by atoms with van der Waals surface area (Å²) in [4.78, 5) is 1.15. The molecule has 2 saturated heterocycles. The second kappa shape index (κ2) is 11.8. The van der Waals surface area contributed by atoms with Crippen LogP contribution in [0.25, 0.3) is 0 Å². The maximum Gasteiger partial charge on any atom is 0.192 e. The zero-order valence-corrected chi connectivity index (χ0v) is 24.7. The highest BCUT2D eigenvalue weighted by Gasteiger charge is 2.48. The minimum Gasteiger partial charge on any atom is -0.497 e. The second-order valence-corrected chi connectivity index (χ2v) is 17.9. The quantitative estimate of drug-likeness (QED) is 0.194. The third kappa shape index (κ3) is 6.87. The number of fused-ring (bicyclic) bond motifs is 1. The van der Waals surface area contributed by atoms with Crippen LogP contribution >= 0.6 is 23.4 Å². The molecule has 0 bridgehead atoms. The van der Waals surface area contributed by atoms with Crippen molar-refractivity contribution in [2.75, 3.05) is 13.7 Å². The molecule has 0 aromatic heterocycles. The fraction of sp³-hybridized carbons (Fsp3) is 0.571. The smallest absolute Gasteiger partial charge is 0.192 e. The van der Waals surface area contributed by atoms with Crippen LogP contribution in [0.3, 0.4) is 0 Å². The van der Waals surface area contributed by atoms with Gasteiger partial charge in [-0.2, -0.15) is 0 Å². The molecule has 2 aliphatic heterocycles. The second-order valence-electron chi connectivity index (χ2n) is 11.1. The van der Waals surface area contributed by atoms with Crippen LogP contribution in [0, 0.1) is 0 Å². The Kier molecular flexibility index (Phi) is 9.14. The van der Waals surface area contributed by atoms with Crippen molar-refractivity contribution in [1.82, 2.24) is 0 Å². The van der Waals surface area contributed by atoms with Crippen molar-refractivity contribution >= 4 is 31.7 Å². The highest BCUT2D eigenvalue weighted by molar-refractivity contribution is 8.01. The molecule has 0 spiro atoms. The molecule has 0 amide bonds. The first-order valence-electron chi connectivity index (χ1n) is 12.7. The molecular weight excluding hydrogens is 512 g/mol. The van der Waals surface area contributed by atoms with Gasteiger partial charge in [0, 0.05) is 23.3 Å². The largest absolute Gasteiger partial charge is 0.497 e. The Morgan fingerprint density at radius 3 is 2.36 bits per heavy atom. The molecule has 5 nitrogen and oxygen atoms in total. The fourth-order valence-electron chi connectivity index (χ4n) is 4.30. The monoisotopic (exact) mass is 550 g/mol. The van der Waals surface area contributed by atoms with Crippen LogP contribution in [0.4, 0.5) is 0 Å². The summed E-state index contributed by atoms with van der Waals surface area (Å²) in [5, 5.41) is 0.0930. The number of hydrogen-bond acceptors (Lipinski definition) is 6. The minimum atomic E-state index is -2.04. The highest BCUT2D eigenvalue weighted by atomic mass is 35.5. The van der Waals surface area contributed by atoms with E-state index in [9.17, 15) is 0 Å². The number of rotatable bonds is 8. The Hall–Kier alpha value is -1.06. The lowest BCUT2D eigenvalue weighted by molar-refractivity contribution is -0.300. The van der Waals surface area contributed by atoms with Crippen molar-refractivity contribution in [2.24, 2.45) is 0 Å². The maximum absolute atomic E-state index is 6.94. The maximum atomic E-state index is 6.94. The van der Waals surface area contributed by atoms with Crippen LogP contribution in [0.2, 0.25) is 18.1 Å². The van der Waals surface area contributed by atoms with E-state index in [1.165, 1.54) is 0 Å². The van der Waals surface area contributed by atoms with E-state index in [1.807, 2.05) is 42.5 Å². The first-order chi connectivity index (χ1) is 17.1. The number of thioether (sulfide) groups is 1. The van der Waals surface area contributed by atoms with Crippen LogP contribution in [-0.4, -0.2) is 51.2 Å². The molecule has 2 aromatic rings. The summed E-state index contributed by atoms with van der Waals surface area (Å²) in [5.74, 6) is 0.808. The van der Waals surface area contributed by atoms with Crippen molar-refractivity contribution in [3.05, 3.63) is 60.2 Å². The van der Waals surface area contributed by atoms with Gasteiger partial charge in [0.15, 0.2) is 14.6 Å². The molecule has 2 fully saturated rings. The molecule has 6 atom stereocenters.